The smallest absolute Gasteiger partial charge is 0.242 e. The third-order valence-electron chi connectivity index (χ3n) is 2.29. The molecule has 1 heterocycles. The molecule has 0 fully saturated rings. The fourth-order valence-electron chi connectivity index (χ4n) is 1.48. The van der Waals surface area contributed by atoms with Crippen LogP contribution in [0.5, 0.6) is 0 Å². The van der Waals surface area contributed by atoms with E-state index in [4.69, 9.17) is 23.2 Å². The van der Waals surface area contributed by atoms with Crippen LogP contribution in [0, 0.1) is 0 Å². The molecule has 0 aliphatic carbocycles. The number of benzene rings is 1. The molecule has 2 aromatic rings. The zero-order valence-electron chi connectivity index (χ0n) is 9.08. The third-order valence-corrected chi connectivity index (χ3v) is 2.71. The topological polar surface area (TPSA) is 42.0 Å². The number of nitrogens with zero attached hydrogens (tertiary/aromatic N) is 1. The van der Waals surface area contributed by atoms with Crippen molar-refractivity contribution >= 4 is 45.7 Å². The molecule has 0 aliphatic rings. The summed E-state index contributed by atoms with van der Waals surface area (Å²) in [6, 6.07) is 7.15. The molecule has 0 bridgehead atoms. The van der Waals surface area contributed by atoms with E-state index >= 15 is 0 Å². The first-order chi connectivity index (χ1) is 8.08. The molecule has 0 saturated heterocycles. The van der Waals surface area contributed by atoms with Crippen LogP contribution in [0.4, 0.5) is 5.69 Å². The van der Waals surface area contributed by atoms with E-state index in [9.17, 15) is 4.79 Å². The summed E-state index contributed by atoms with van der Waals surface area (Å²) in [6.07, 6.45) is 1.66. The van der Waals surface area contributed by atoms with Crippen LogP contribution in [0.15, 0.2) is 30.5 Å². The van der Waals surface area contributed by atoms with E-state index in [0.717, 1.165) is 5.39 Å². The first-order valence-electron chi connectivity index (χ1n) is 5.07. The SMILES string of the molecule is CC(Cl)C(=O)Nc1cc(Cl)cc2cccnc12. The normalized spacial score (nSPS) is 12.4. The average molecular weight is 269 g/mol. The molecule has 17 heavy (non-hydrogen) atoms. The summed E-state index contributed by atoms with van der Waals surface area (Å²) in [5.74, 6) is -0.277. The zero-order chi connectivity index (χ0) is 12.4. The maximum atomic E-state index is 11.6. The summed E-state index contributed by atoms with van der Waals surface area (Å²) in [6.45, 7) is 1.61. The highest BCUT2D eigenvalue weighted by atomic mass is 35.5. The number of rotatable bonds is 2. The first kappa shape index (κ1) is 12.1. The molecule has 3 nitrogen and oxygen atoms in total. The van der Waals surface area contributed by atoms with Gasteiger partial charge in [0.05, 0.1) is 11.2 Å². The number of halogens is 2. The van der Waals surface area contributed by atoms with Gasteiger partial charge in [-0.25, -0.2) is 0 Å². The van der Waals surface area contributed by atoms with Crippen molar-refractivity contribution < 1.29 is 4.79 Å². The van der Waals surface area contributed by atoms with Crippen LogP contribution in [0.3, 0.4) is 0 Å². The van der Waals surface area contributed by atoms with E-state index in [-0.39, 0.29) is 5.91 Å². The Bertz CT molecular complexity index is 569. The van der Waals surface area contributed by atoms with Crippen molar-refractivity contribution in [1.29, 1.82) is 0 Å². The van der Waals surface area contributed by atoms with Gasteiger partial charge in [0.2, 0.25) is 5.91 Å². The number of hydrogen-bond acceptors (Lipinski definition) is 2. The van der Waals surface area contributed by atoms with Gasteiger partial charge in [0.1, 0.15) is 5.38 Å². The van der Waals surface area contributed by atoms with Gasteiger partial charge in [-0.15, -0.1) is 11.6 Å². The second-order valence-electron chi connectivity index (χ2n) is 3.63. The largest absolute Gasteiger partial charge is 0.323 e. The van der Waals surface area contributed by atoms with Crippen molar-refractivity contribution in [2.24, 2.45) is 0 Å². The maximum absolute atomic E-state index is 11.6. The van der Waals surface area contributed by atoms with E-state index in [1.54, 1.807) is 25.3 Å². The van der Waals surface area contributed by atoms with Gasteiger partial charge in [-0.3, -0.25) is 9.78 Å². The molecule has 0 aliphatic heterocycles. The highest BCUT2D eigenvalue weighted by Crippen LogP contribution is 2.26. The van der Waals surface area contributed by atoms with Gasteiger partial charge in [-0.1, -0.05) is 17.7 Å². The summed E-state index contributed by atoms with van der Waals surface area (Å²) < 4.78 is 0. The highest BCUT2D eigenvalue weighted by molar-refractivity contribution is 6.33. The lowest BCUT2D eigenvalue weighted by Crippen LogP contribution is -2.20. The molecule has 5 heteroatoms. The van der Waals surface area contributed by atoms with E-state index in [2.05, 4.69) is 10.3 Å². The van der Waals surface area contributed by atoms with Crippen LogP contribution in [0.1, 0.15) is 6.92 Å². The number of alkyl halides is 1. The van der Waals surface area contributed by atoms with Crippen molar-refractivity contribution in [2.75, 3.05) is 5.32 Å². The highest BCUT2D eigenvalue weighted by Gasteiger charge is 2.12. The fourth-order valence-corrected chi connectivity index (χ4v) is 1.76. The van der Waals surface area contributed by atoms with E-state index in [1.165, 1.54) is 0 Å². The molecule has 2 rings (SSSR count). The Kier molecular flexibility index (Phi) is 3.50. The molecule has 1 amide bonds. The maximum Gasteiger partial charge on any atom is 0.242 e. The van der Waals surface area contributed by atoms with Gasteiger partial charge >= 0.3 is 0 Å². The lowest BCUT2D eigenvalue weighted by Gasteiger charge is -2.09. The van der Waals surface area contributed by atoms with Crippen LogP contribution in [-0.4, -0.2) is 16.3 Å². The number of carbonyl (C=O) groups excluding carboxylic acids is 1. The minimum atomic E-state index is -0.604. The molecular formula is C12H10Cl2N2O. The van der Waals surface area contributed by atoms with Crippen LogP contribution in [0.25, 0.3) is 10.9 Å². The van der Waals surface area contributed by atoms with Gasteiger partial charge < -0.3 is 5.32 Å². The zero-order valence-corrected chi connectivity index (χ0v) is 10.6. The Morgan fingerprint density at radius 3 is 2.94 bits per heavy atom. The molecule has 88 valence electrons. The van der Waals surface area contributed by atoms with Crippen LogP contribution < -0.4 is 5.32 Å². The Morgan fingerprint density at radius 1 is 1.47 bits per heavy atom. The average Bonchev–Trinajstić information content (AvgIpc) is 2.28. The van der Waals surface area contributed by atoms with Gasteiger partial charge in [0.15, 0.2) is 0 Å². The quantitative estimate of drug-likeness (QED) is 0.848. The summed E-state index contributed by atoms with van der Waals surface area (Å²) >= 11 is 11.7. The summed E-state index contributed by atoms with van der Waals surface area (Å²) in [7, 11) is 0. The van der Waals surface area contributed by atoms with Crippen LogP contribution in [-0.2, 0) is 4.79 Å². The second kappa shape index (κ2) is 4.90. The number of amides is 1. The number of nitrogens with one attached hydrogen (secondary N) is 1. The van der Waals surface area contributed by atoms with Crippen molar-refractivity contribution in [2.45, 2.75) is 12.3 Å². The summed E-state index contributed by atoms with van der Waals surface area (Å²) in [4.78, 5) is 15.8. The lowest BCUT2D eigenvalue weighted by molar-refractivity contribution is -0.115. The lowest BCUT2D eigenvalue weighted by atomic mass is 10.2. The number of pyridine rings is 1. The fraction of sp³-hybridized carbons (Fsp3) is 0.167. The van der Waals surface area contributed by atoms with Crippen LogP contribution in [0.2, 0.25) is 5.02 Å². The Hall–Kier alpha value is -1.32. The summed E-state index contributed by atoms with van der Waals surface area (Å²) in [5, 5.41) is 3.52. The standard InChI is InChI=1S/C12H10Cl2N2O/c1-7(13)12(17)16-10-6-9(14)5-8-3-2-4-15-11(8)10/h2-7H,1H3,(H,16,17). The van der Waals surface area contributed by atoms with Crippen molar-refractivity contribution in [3.05, 3.63) is 35.5 Å². The number of aromatic nitrogens is 1. The summed E-state index contributed by atoms with van der Waals surface area (Å²) in [5.41, 5.74) is 1.27. The van der Waals surface area contributed by atoms with Gasteiger partial charge in [-0.2, -0.15) is 0 Å². The van der Waals surface area contributed by atoms with E-state index in [0.29, 0.717) is 16.2 Å². The minimum absolute atomic E-state index is 0.277. The first-order valence-corrected chi connectivity index (χ1v) is 5.88. The van der Waals surface area contributed by atoms with E-state index in [1.807, 2.05) is 12.1 Å². The van der Waals surface area contributed by atoms with Gasteiger partial charge in [0, 0.05) is 16.6 Å². The molecule has 0 saturated carbocycles. The Labute approximate surface area is 109 Å². The van der Waals surface area contributed by atoms with Crippen molar-refractivity contribution in [3.8, 4) is 0 Å². The molecule has 0 spiro atoms. The second-order valence-corrected chi connectivity index (χ2v) is 4.72. The van der Waals surface area contributed by atoms with Crippen molar-refractivity contribution in [3.63, 3.8) is 0 Å². The van der Waals surface area contributed by atoms with E-state index < -0.39 is 5.38 Å². The number of hydrogen-bond donors (Lipinski definition) is 1. The molecule has 1 aromatic heterocycles. The van der Waals surface area contributed by atoms with Gasteiger partial charge in [-0.05, 0) is 25.1 Å². The predicted octanol–water partition coefficient (Wildman–Crippen LogP) is 3.45. The molecular weight excluding hydrogens is 259 g/mol. The molecule has 1 aromatic carbocycles. The van der Waals surface area contributed by atoms with Crippen molar-refractivity contribution in [1.82, 2.24) is 4.98 Å². The van der Waals surface area contributed by atoms with Gasteiger partial charge in [0.25, 0.3) is 0 Å². The molecule has 1 atom stereocenters. The monoisotopic (exact) mass is 268 g/mol. The Balaban J connectivity index is 2.49. The number of fused-ring (bicyclic) bond motifs is 1. The predicted molar refractivity (Wildman–Crippen MR) is 70.7 cm³/mol. The van der Waals surface area contributed by atoms with Crippen LogP contribution >= 0.6 is 23.2 Å². The molecule has 1 N–H and O–H groups in total. The number of anilines is 1. The third kappa shape index (κ3) is 2.68. The molecule has 0 radical (unpaired) electrons. The molecule has 1 unspecified atom stereocenters. The minimum Gasteiger partial charge on any atom is -0.323 e. The number of carbonyl (C=O) groups is 1. The Morgan fingerprint density at radius 2 is 2.24 bits per heavy atom.